The zero-order valence-electron chi connectivity index (χ0n) is 13.9. The van der Waals surface area contributed by atoms with Crippen LogP contribution in [0.3, 0.4) is 0 Å². The molecule has 9 heteroatoms. The maximum atomic E-state index is 12.0. The number of Topliss-reactive ketones (excluding diaryl/α,β-unsaturated/α-hetero) is 1. The molecule has 0 aliphatic heterocycles. The van der Waals surface area contributed by atoms with E-state index >= 15 is 0 Å². The van der Waals surface area contributed by atoms with Crippen molar-refractivity contribution in [1.29, 1.82) is 0 Å². The average molecular weight is 350 g/mol. The summed E-state index contributed by atoms with van der Waals surface area (Å²) >= 11 is 0. The largest absolute Gasteiger partial charge is 0.457 e. The number of benzene rings is 2. The van der Waals surface area contributed by atoms with Gasteiger partial charge in [-0.05, 0) is 39.9 Å². The Balaban J connectivity index is 2.28. The molecular formula is C17H14N6O3. The number of azide groups is 2. The summed E-state index contributed by atoms with van der Waals surface area (Å²) in [6.45, 7) is 1.71. The quantitative estimate of drug-likeness (QED) is 0.286. The number of hydrogen-bond donors (Lipinski definition) is 0. The summed E-state index contributed by atoms with van der Waals surface area (Å²) in [6.07, 6.45) is 0.250. The number of nitrogens with zero attached hydrogens (tertiary/aromatic N) is 6. The van der Waals surface area contributed by atoms with Crippen molar-refractivity contribution in [1.82, 2.24) is 0 Å². The van der Waals surface area contributed by atoms with E-state index in [0.29, 0.717) is 16.9 Å². The van der Waals surface area contributed by atoms with E-state index in [1.807, 2.05) is 0 Å². The van der Waals surface area contributed by atoms with Gasteiger partial charge in [0.2, 0.25) is 5.91 Å². The van der Waals surface area contributed by atoms with Crippen LogP contribution in [-0.4, -0.2) is 11.7 Å². The molecule has 0 radical (unpaired) electrons. The van der Waals surface area contributed by atoms with Crippen molar-refractivity contribution in [2.45, 2.75) is 19.8 Å². The Labute approximate surface area is 148 Å². The van der Waals surface area contributed by atoms with Gasteiger partial charge in [0, 0.05) is 28.2 Å². The van der Waals surface area contributed by atoms with Crippen molar-refractivity contribution in [2.24, 2.45) is 10.2 Å². The van der Waals surface area contributed by atoms with Crippen LogP contribution in [0.25, 0.3) is 20.9 Å². The molecule has 0 N–H and O–H groups in total. The van der Waals surface area contributed by atoms with E-state index in [2.05, 4.69) is 20.1 Å². The Kier molecular flexibility index (Phi) is 6.34. The van der Waals surface area contributed by atoms with E-state index < -0.39 is 5.91 Å². The molecule has 0 atom stereocenters. The SMILES string of the molecule is CCC(=O)c1cccc(Oc2ccc(CC(=O)N=[N+]=[N-])cc2)c1N=[N+]=[N-]. The van der Waals surface area contributed by atoms with E-state index in [9.17, 15) is 9.59 Å². The lowest BCUT2D eigenvalue weighted by Gasteiger charge is -2.11. The predicted octanol–water partition coefficient (Wildman–Crippen LogP) is 5.39. The van der Waals surface area contributed by atoms with Gasteiger partial charge in [-0.3, -0.25) is 9.59 Å². The second-order valence-corrected chi connectivity index (χ2v) is 5.12. The van der Waals surface area contributed by atoms with Crippen LogP contribution in [0, 0.1) is 0 Å². The summed E-state index contributed by atoms with van der Waals surface area (Å²) in [6, 6.07) is 11.3. The Morgan fingerprint density at radius 3 is 2.42 bits per heavy atom. The van der Waals surface area contributed by atoms with Gasteiger partial charge in [-0.15, -0.1) is 0 Å². The lowest BCUT2D eigenvalue weighted by atomic mass is 10.1. The Hall–Kier alpha value is -3.80. The summed E-state index contributed by atoms with van der Waals surface area (Å²) in [5, 5.41) is 6.60. The minimum Gasteiger partial charge on any atom is -0.457 e. The predicted molar refractivity (Wildman–Crippen MR) is 94.2 cm³/mol. The lowest BCUT2D eigenvalue weighted by Crippen LogP contribution is -1.99. The molecular weight excluding hydrogens is 336 g/mol. The minimum absolute atomic E-state index is 0.0190. The number of amides is 1. The number of rotatable bonds is 7. The van der Waals surface area contributed by atoms with Crippen molar-refractivity contribution in [2.75, 3.05) is 0 Å². The molecule has 26 heavy (non-hydrogen) atoms. The van der Waals surface area contributed by atoms with Gasteiger partial charge in [0.15, 0.2) is 5.78 Å². The lowest BCUT2D eigenvalue weighted by molar-refractivity contribution is -0.117. The van der Waals surface area contributed by atoms with Gasteiger partial charge in [0.1, 0.15) is 11.5 Å². The first-order chi connectivity index (χ1) is 12.6. The maximum Gasteiger partial charge on any atom is 0.223 e. The molecule has 0 heterocycles. The smallest absolute Gasteiger partial charge is 0.223 e. The minimum atomic E-state index is -0.586. The van der Waals surface area contributed by atoms with Crippen LogP contribution in [0.1, 0.15) is 29.3 Å². The molecule has 0 aromatic heterocycles. The highest BCUT2D eigenvalue weighted by atomic mass is 16.5. The summed E-state index contributed by atoms with van der Waals surface area (Å²) in [7, 11) is 0. The normalized spacial score (nSPS) is 9.58. The van der Waals surface area contributed by atoms with Crippen LogP contribution in [0.5, 0.6) is 11.5 Å². The third kappa shape index (κ3) is 4.61. The van der Waals surface area contributed by atoms with Gasteiger partial charge in [0.25, 0.3) is 0 Å². The Morgan fingerprint density at radius 1 is 1.08 bits per heavy atom. The standard InChI is InChI=1S/C17H14N6O3/c1-2-14(24)13-4-3-5-15(17(13)21-23-19)26-12-8-6-11(7-9-12)10-16(25)20-22-18/h3-9H,2,10H2,1H3. The van der Waals surface area contributed by atoms with Crippen LogP contribution in [0.15, 0.2) is 52.7 Å². The van der Waals surface area contributed by atoms with Gasteiger partial charge >= 0.3 is 0 Å². The van der Waals surface area contributed by atoms with Crippen LogP contribution >= 0.6 is 0 Å². The van der Waals surface area contributed by atoms with Gasteiger partial charge in [-0.25, -0.2) is 0 Å². The van der Waals surface area contributed by atoms with E-state index in [4.69, 9.17) is 15.8 Å². The number of carbonyl (C=O) groups is 2. The molecule has 1 amide bonds. The second kappa shape index (κ2) is 8.89. The molecule has 130 valence electrons. The fourth-order valence-corrected chi connectivity index (χ4v) is 2.23. The van der Waals surface area contributed by atoms with Gasteiger partial charge in [0.05, 0.1) is 5.69 Å². The van der Waals surface area contributed by atoms with Gasteiger partial charge in [-0.1, -0.05) is 36.3 Å². The van der Waals surface area contributed by atoms with Crippen molar-refractivity contribution in [3.8, 4) is 11.5 Å². The zero-order chi connectivity index (χ0) is 18.9. The van der Waals surface area contributed by atoms with E-state index in [1.54, 1.807) is 49.4 Å². The van der Waals surface area contributed by atoms with E-state index in [1.165, 1.54) is 0 Å². The van der Waals surface area contributed by atoms with Gasteiger partial charge < -0.3 is 4.74 Å². The number of carbonyl (C=O) groups excluding carboxylic acids is 2. The summed E-state index contributed by atoms with van der Waals surface area (Å²) < 4.78 is 5.72. The molecule has 2 aromatic rings. The monoisotopic (exact) mass is 350 g/mol. The first-order valence-electron chi connectivity index (χ1n) is 7.65. The topological polar surface area (TPSA) is 141 Å². The highest BCUT2D eigenvalue weighted by Gasteiger charge is 2.14. The summed E-state index contributed by atoms with van der Waals surface area (Å²) in [4.78, 5) is 28.5. The molecule has 2 aromatic carbocycles. The first kappa shape index (κ1) is 18.5. The third-order valence-electron chi connectivity index (χ3n) is 3.43. The maximum absolute atomic E-state index is 12.0. The van der Waals surface area contributed by atoms with Gasteiger partial charge in [-0.2, -0.15) is 0 Å². The zero-order valence-corrected chi connectivity index (χ0v) is 13.9. The highest BCUT2D eigenvalue weighted by Crippen LogP contribution is 2.35. The molecule has 0 aliphatic rings. The van der Waals surface area contributed by atoms with Crippen LogP contribution < -0.4 is 4.74 Å². The van der Waals surface area contributed by atoms with Crippen molar-refractivity contribution < 1.29 is 14.3 Å². The fraction of sp³-hybridized carbons (Fsp3) is 0.176. The van der Waals surface area contributed by atoms with Crippen molar-refractivity contribution in [3.05, 3.63) is 74.5 Å². The summed E-state index contributed by atoms with van der Waals surface area (Å²) in [5.41, 5.74) is 18.1. The van der Waals surface area contributed by atoms with Crippen LogP contribution in [0.4, 0.5) is 5.69 Å². The Morgan fingerprint density at radius 2 is 1.81 bits per heavy atom. The molecule has 0 spiro atoms. The average Bonchev–Trinajstić information content (AvgIpc) is 2.64. The fourth-order valence-electron chi connectivity index (χ4n) is 2.23. The molecule has 9 nitrogen and oxygen atoms in total. The molecule has 0 saturated carbocycles. The molecule has 0 bridgehead atoms. The molecule has 0 unspecified atom stereocenters. The number of hydrogen-bond acceptors (Lipinski definition) is 4. The first-order valence-corrected chi connectivity index (χ1v) is 7.65. The molecule has 2 rings (SSSR count). The molecule has 0 fully saturated rings. The Bertz CT molecular complexity index is 926. The number of ether oxygens (including phenoxy) is 1. The van der Waals surface area contributed by atoms with E-state index in [0.717, 1.165) is 0 Å². The van der Waals surface area contributed by atoms with Crippen molar-refractivity contribution >= 4 is 17.4 Å². The highest BCUT2D eigenvalue weighted by molar-refractivity contribution is 6.01. The third-order valence-corrected chi connectivity index (χ3v) is 3.43. The van der Waals surface area contributed by atoms with E-state index in [-0.39, 0.29) is 30.1 Å². The molecule has 0 aliphatic carbocycles. The van der Waals surface area contributed by atoms with Crippen molar-refractivity contribution in [3.63, 3.8) is 0 Å². The summed E-state index contributed by atoms with van der Waals surface area (Å²) in [5.74, 6) is -0.0668. The molecule has 0 saturated heterocycles. The number of ketones is 1. The van der Waals surface area contributed by atoms with Crippen LogP contribution in [-0.2, 0) is 11.2 Å². The van der Waals surface area contributed by atoms with Crippen LogP contribution in [0.2, 0.25) is 0 Å². The second-order valence-electron chi connectivity index (χ2n) is 5.12.